The number of aromatic hydroxyl groups is 1. The Bertz CT molecular complexity index is 1910. The summed E-state index contributed by atoms with van der Waals surface area (Å²) in [5.41, 5.74) is 10.7. The van der Waals surface area contributed by atoms with E-state index in [9.17, 15) is 5.11 Å². The zero-order chi connectivity index (χ0) is 29.6. The molecular formula is C38H36N2OS. The highest BCUT2D eigenvalue weighted by Gasteiger charge is 2.22. The number of rotatable bonds is 4. The van der Waals surface area contributed by atoms with E-state index in [1.807, 2.05) is 24.4 Å². The van der Waals surface area contributed by atoms with Crippen LogP contribution in [0.15, 0.2) is 103 Å². The maximum Gasteiger partial charge on any atom is 0.128 e. The number of nitrogens with zero attached hydrogens (tertiary/aromatic N) is 2. The number of benzene rings is 4. The lowest BCUT2D eigenvalue weighted by Crippen LogP contribution is -2.11. The summed E-state index contributed by atoms with van der Waals surface area (Å²) in [7, 11) is 0. The van der Waals surface area contributed by atoms with E-state index in [1.54, 1.807) is 17.4 Å². The van der Waals surface area contributed by atoms with E-state index in [0.717, 1.165) is 54.3 Å². The van der Waals surface area contributed by atoms with Crippen molar-refractivity contribution in [1.82, 2.24) is 9.97 Å². The minimum atomic E-state index is -0.0511. The van der Waals surface area contributed by atoms with Crippen LogP contribution < -0.4 is 0 Å². The fourth-order valence-corrected chi connectivity index (χ4v) is 6.30. The van der Waals surface area contributed by atoms with Crippen LogP contribution in [0.25, 0.3) is 54.3 Å². The van der Waals surface area contributed by atoms with Gasteiger partial charge in [-0.1, -0.05) is 84.0 Å². The van der Waals surface area contributed by atoms with Crippen LogP contribution in [0.5, 0.6) is 5.75 Å². The number of para-hydroxylation sites is 1. The Morgan fingerprint density at radius 2 is 1.26 bits per heavy atom. The van der Waals surface area contributed by atoms with Crippen molar-refractivity contribution >= 4 is 21.6 Å². The van der Waals surface area contributed by atoms with E-state index in [2.05, 4.69) is 114 Å². The van der Waals surface area contributed by atoms with Crippen LogP contribution in [-0.4, -0.2) is 15.1 Å². The van der Waals surface area contributed by atoms with Gasteiger partial charge >= 0.3 is 0 Å². The van der Waals surface area contributed by atoms with Crippen LogP contribution in [0.1, 0.15) is 52.7 Å². The van der Waals surface area contributed by atoms with Gasteiger partial charge in [0, 0.05) is 17.3 Å². The summed E-state index contributed by atoms with van der Waals surface area (Å²) in [4.78, 5) is 9.96. The maximum absolute atomic E-state index is 10.6. The summed E-state index contributed by atoms with van der Waals surface area (Å²) in [5.74, 6) is 0.243. The molecule has 0 aliphatic heterocycles. The van der Waals surface area contributed by atoms with E-state index in [-0.39, 0.29) is 16.6 Å². The quantitative estimate of drug-likeness (QED) is 0.230. The van der Waals surface area contributed by atoms with Gasteiger partial charge in [-0.15, -0.1) is 11.3 Å². The molecule has 0 aliphatic rings. The molecule has 4 aromatic carbocycles. The van der Waals surface area contributed by atoms with Gasteiger partial charge in [0.2, 0.25) is 0 Å². The molecule has 0 spiro atoms. The van der Waals surface area contributed by atoms with Crippen LogP contribution in [0.4, 0.5) is 0 Å². The van der Waals surface area contributed by atoms with Crippen molar-refractivity contribution in [3.05, 3.63) is 114 Å². The van der Waals surface area contributed by atoms with Crippen LogP contribution in [0.3, 0.4) is 0 Å². The van der Waals surface area contributed by atoms with Crippen molar-refractivity contribution in [2.45, 2.75) is 52.4 Å². The maximum atomic E-state index is 10.6. The molecule has 42 heavy (non-hydrogen) atoms. The van der Waals surface area contributed by atoms with Gasteiger partial charge in [-0.25, -0.2) is 4.98 Å². The van der Waals surface area contributed by atoms with Crippen LogP contribution in [0, 0.1) is 0 Å². The SMILES string of the molecule is CC(C)(C)c1ccnc(-c2cc(-c3ccccc3)cc(-c3cc(C(C)(C)C)cc4sc(-c5ccccc5O)nc34)c2)c1. The highest BCUT2D eigenvalue weighted by Crippen LogP contribution is 2.43. The van der Waals surface area contributed by atoms with Crippen molar-refractivity contribution in [1.29, 1.82) is 0 Å². The van der Waals surface area contributed by atoms with Crippen molar-refractivity contribution in [3.8, 4) is 49.8 Å². The minimum Gasteiger partial charge on any atom is -0.507 e. The third-order valence-corrected chi connectivity index (χ3v) is 8.80. The monoisotopic (exact) mass is 568 g/mol. The van der Waals surface area contributed by atoms with Crippen molar-refractivity contribution < 1.29 is 5.11 Å². The highest BCUT2D eigenvalue weighted by molar-refractivity contribution is 7.21. The smallest absolute Gasteiger partial charge is 0.128 e. The average molecular weight is 569 g/mol. The molecule has 2 aromatic heterocycles. The number of thiazole rings is 1. The molecule has 0 atom stereocenters. The fourth-order valence-electron chi connectivity index (χ4n) is 5.24. The summed E-state index contributed by atoms with van der Waals surface area (Å²) in [5, 5.41) is 11.4. The fraction of sp³-hybridized carbons (Fsp3) is 0.211. The molecule has 0 unspecified atom stereocenters. The molecule has 210 valence electrons. The Kier molecular flexibility index (Phi) is 6.98. The van der Waals surface area contributed by atoms with Gasteiger partial charge in [0.15, 0.2) is 0 Å². The average Bonchev–Trinajstić information content (AvgIpc) is 3.40. The molecule has 0 fully saturated rings. The number of pyridine rings is 1. The molecule has 0 saturated heterocycles. The third-order valence-electron chi connectivity index (χ3n) is 7.77. The molecule has 0 bridgehead atoms. The summed E-state index contributed by atoms with van der Waals surface area (Å²) in [6.45, 7) is 13.4. The molecule has 0 saturated carbocycles. The zero-order valence-corrected chi connectivity index (χ0v) is 25.9. The van der Waals surface area contributed by atoms with Crippen molar-refractivity contribution in [2.75, 3.05) is 0 Å². The Morgan fingerprint density at radius 3 is 1.98 bits per heavy atom. The Hall–Kier alpha value is -4.28. The third kappa shape index (κ3) is 5.47. The first kappa shape index (κ1) is 27.9. The molecule has 0 amide bonds. The first-order valence-corrected chi connectivity index (χ1v) is 15.2. The number of phenols is 1. The topological polar surface area (TPSA) is 46.0 Å². The minimum absolute atomic E-state index is 0.0186. The number of fused-ring (bicyclic) bond motifs is 1. The molecule has 6 rings (SSSR count). The number of phenolic OH excluding ortho intramolecular Hbond substituents is 1. The largest absolute Gasteiger partial charge is 0.507 e. The molecule has 3 nitrogen and oxygen atoms in total. The van der Waals surface area contributed by atoms with Gasteiger partial charge in [0.25, 0.3) is 0 Å². The number of aromatic nitrogens is 2. The Balaban J connectivity index is 1.63. The zero-order valence-electron chi connectivity index (χ0n) is 25.1. The summed E-state index contributed by atoms with van der Waals surface area (Å²) in [6, 6.07) is 33.6. The van der Waals surface area contributed by atoms with Crippen molar-refractivity contribution in [3.63, 3.8) is 0 Å². The van der Waals surface area contributed by atoms with E-state index >= 15 is 0 Å². The molecule has 0 aliphatic carbocycles. The van der Waals surface area contributed by atoms with Crippen LogP contribution in [-0.2, 0) is 10.8 Å². The Morgan fingerprint density at radius 1 is 0.595 bits per heavy atom. The molecular weight excluding hydrogens is 532 g/mol. The first-order valence-electron chi connectivity index (χ1n) is 14.4. The van der Waals surface area contributed by atoms with E-state index in [1.165, 1.54) is 11.1 Å². The lowest BCUT2D eigenvalue weighted by atomic mass is 9.84. The Labute approximate surface area is 252 Å². The summed E-state index contributed by atoms with van der Waals surface area (Å²) in [6.07, 6.45) is 1.92. The van der Waals surface area contributed by atoms with Gasteiger partial charge in [-0.05, 0) is 93.2 Å². The van der Waals surface area contributed by atoms with Gasteiger partial charge in [0.1, 0.15) is 10.8 Å². The predicted octanol–water partition coefficient (Wildman–Crippen LogP) is 10.7. The number of hydrogen-bond donors (Lipinski definition) is 1. The lowest BCUT2D eigenvalue weighted by Gasteiger charge is -2.21. The van der Waals surface area contributed by atoms with Gasteiger partial charge in [-0.2, -0.15) is 0 Å². The van der Waals surface area contributed by atoms with Crippen LogP contribution >= 0.6 is 11.3 Å². The highest BCUT2D eigenvalue weighted by atomic mass is 32.1. The van der Waals surface area contributed by atoms with E-state index in [0.29, 0.717) is 0 Å². The van der Waals surface area contributed by atoms with Gasteiger partial charge in [-0.3, -0.25) is 4.98 Å². The molecule has 6 aromatic rings. The summed E-state index contributed by atoms with van der Waals surface area (Å²) >= 11 is 1.63. The molecule has 1 N–H and O–H groups in total. The summed E-state index contributed by atoms with van der Waals surface area (Å²) < 4.78 is 1.11. The number of hydrogen-bond acceptors (Lipinski definition) is 4. The van der Waals surface area contributed by atoms with Gasteiger partial charge in [0.05, 0.1) is 21.5 Å². The van der Waals surface area contributed by atoms with Gasteiger partial charge < -0.3 is 5.11 Å². The normalized spacial score (nSPS) is 12.1. The second-order valence-electron chi connectivity index (χ2n) is 13.0. The lowest BCUT2D eigenvalue weighted by molar-refractivity contribution is 0.477. The standard InChI is InChI=1S/C38H36N2OS/c1-37(2,3)28-16-17-39-32(22-28)27-19-25(24-12-8-7-9-13-24)18-26(20-27)31-21-29(38(4,5)6)23-34-35(31)40-36(42-34)30-14-10-11-15-33(30)41/h7-23,41H,1-6H3. The second kappa shape index (κ2) is 10.5. The van der Waals surface area contributed by atoms with Crippen molar-refractivity contribution in [2.24, 2.45) is 0 Å². The molecule has 0 radical (unpaired) electrons. The predicted molar refractivity (Wildman–Crippen MR) is 178 cm³/mol. The molecule has 2 heterocycles. The first-order chi connectivity index (χ1) is 20.0. The van der Waals surface area contributed by atoms with E-state index < -0.39 is 0 Å². The van der Waals surface area contributed by atoms with E-state index in [4.69, 9.17) is 9.97 Å². The van der Waals surface area contributed by atoms with Crippen LogP contribution in [0.2, 0.25) is 0 Å². The second-order valence-corrected chi connectivity index (χ2v) is 14.0. The molecule has 4 heteroatoms.